The number of nitrogens with zero attached hydrogens (tertiary/aromatic N) is 1. The Morgan fingerprint density at radius 3 is 2.29 bits per heavy atom. The van der Waals surface area contributed by atoms with Crippen molar-refractivity contribution in [3.05, 3.63) is 86.0 Å². The second kappa shape index (κ2) is 10.1. The number of rotatable bonds is 5. The molecule has 3 aromatic rings. The number of nitrogens with one attached hydrogen (secondary N) is 2. The summed E-state index contributed by atoms with van der Waals surface area (Å²) in [4.78, 5) is 15.3. The van der Waals surface area contributed by atoms with E-state index in [1.165, 1.54) is 37.0 Å². The van der Waals surface area contributed by atoms with Crippen LogP contribution >= 0.6 is 22.6 Å². The highest BCUT2D eigenvalue weighted by atomic mass is 127. The molecule has 2 aliphatic rings. The van der Waals surface area contributed by atoms with Crippen molar-refractivity contribution in [1.29, 1.82) is 0 Å². The van der Waals surface area contributed by atoms with Crippen molar-refractivity contribution in [1.82, 2.24) is 10.2 Å². The van der Waals surface area contributed by atoms with Gasteiger partial charge in [-0.3, -0.25) is 10.2 Å². The maximum Gasteiger partial charge on any atom is 0.411 e. The highest BCUT2D eigenvalue weighted by molar-refractivity contribution is 14.1. The highest BCUT2D eigenvalue weighted by Gasteiger charge is 2.29. The Balaban J connectivity index is 1.30. The minimum Gasteiger partial charge on any atom is -0.448 e. The van der Waals surface area contributed by atoms with Crippen LogP contribution in [0.15, 0.2) is 54.6 Å². The minimum atomic E-state index is -0.405. The molecule has 1 amide bonds. The number of carbonyl (C=O) groups excluding carboxylic acids is 1. The topological polar surface area (TPSA) is 53.6 Å². The van der Waals surface area contributed by atoms with Crippen molar-refractivity contribution < 1.29 is 9.53 Å². The van der Waals surface area contributed by atoms with Gasteiger partial charge in [0.1, 0.15) is 6.61 Å². The van der Waals surface area contributed by atoms with Crippen molar-refractivity contribution >= 4 is 34.4 Å². The molecule has 34 heavy (non-hydrogen) atoms. The van der Waals surface area contributed by atoms with Gasteiger partial charge in [-0.25, -0.2) is 4.79 Å². The molecule has 1 heterocycles. The van der Waals surface area contributed by atoms with E-state index in [1.807, 2.05) is 0 Å². The van der Waals surface area contributed by atoms with Gasteiger partial charge in [-0.1, -0.05) is 48.5 Å². The Kier molecular flexibility index (Phi) is 6.90. The normalized spacial score (nSPS) is 15.6. The van der Waals surface area contributed by atoms with Crippen LogP contribution in [0.4, 0.5) is 10.5 Å². The van der Waals surface area contributed by atoms with Gasteiger partial charge in [0.15, 0.2) is 0 Å². The number of halogens is 1. The summed E-state index contributed by atoms with van der Waals surface area (Å²) in [6, 6.07) is 18.9. The summed E-state index contributed by atoms with van der Waals surface area (Å²) in [5, 5.41) is 6.44. The zero-order chi connectivity index (χ0) is 23.7. The lowest BCUT2D eigenvalue weighted by molar-refractivity contribution is 0.158. The Bertz CT molecular complexity index is 1170. The van der Waals surface area contributed by atoms with Crippen LogP contribution in [0, 0.1) is 17.4 Å². The first-order valence-electron chi connectivity index (χ1n) is 11.9. The van der Waals surface area contributed by atoms with E-state index in [-0.39, 0.29) is 5.92 Å². The number of fused-ring (bicyclic) bond motifs is 3. The molecule has 6 heteroatoms. The Hall–Kier alpha value is -2.42. The SMILES string of the molecule is Cc1c(CN2CCNCC2)cc(NC(=O)OCC2c3ccccc3-c3ccccc32)c(C)c1I. The average Bonchev–Trinajstić information content (AvgIpc) is 3.19. The zero-order valence-electron chi connectivity index (χ0n) is 19.7. The third kappa shape index (κ3) is 4.59. The molecule has 1 aliphatic heterocycles. The summed E-state index contributed by atoms with van der Waals surface area (Å²) in [6.45, 7) is 9.56. The van der Waals surface area contributed by atoms with E-state index in [9.17, 15) is 4.79 Å². The third-order valence-corrected chi connectivity index (χ3v) is 8.66. The monoisotopic (exact) mass is 567 g/mol. The highest BCUT2D eigenvalue weighted by Crippen LogP contribution is 2.44. The lowest BCUT2D eigenvalue weighted by Gasteiger charge is -2.28. The molecule has 0 atom stereocenters. The van der Waals surface area contributed by atoms with Gasteiger partial charge in [0.25, 0.3) is 0 Å². The number of piperazine rings is 1. The van der Waals surface area contributed by atoms with Crippen molar-refractivity contribution in [3.63, 3.8) is 0 Å². The summed E-state index contributed by atoms with van der Waals surface area (Å²) >= 11 is 2.39. The van der Waals surface area contributed by atoms with Gasteiger partial charge in [0.05, 0.1) is 0 Å². The molecular weight excluding hydrogens is 537 g/mol. The number of hydrogen-bond acceptors (Lipinski definition) is 4. The third-order valence-electron chi connectivity index (χ3n) is 7.05. The molecule has 0 bridgehead atoms. The van der Waals surface area contributed by atoms with Crippen molar-refractivity contribution in [2.75, 3.05) is 38.1 Å². The van der Waals surface area contributed by atoms with E-state index in [2.05, 4.69) is 107 Å². The number of anilines is 1. The predicted octanol–water partition coefficient (Wildman–Crippen LogP) is 5.67. The predicted molar refractivity (Wildman–Crippen MR) is 145 cm³/mol. The maximum absolute atomic E-state index is 12.9. The van der Waals surface area contributed by atoms with Gasteiger partial charge in [-0.15, -0.1) is 0 Å². The van der Waals surface area contributed by atoms with Crippen LogP contribution in [0.5, 0.6) is 0 Å². The molecule has 5 rings (SSSR count). The first-order valence-corrected chi connectivity index (χ1v) is 12.9. The fourth-order valence-corrected chi connectivity index (χ4v) is 5.72. The quantitative estimate of drug-likeness (QED) is 0.390. The maximum atomic E-state index is 12.9. The largest absolute Gasteiger partial charge is 0.448 e. The van der Waals surface area contributed by atoms with Crippen LogP contribution in [0.1, 0.15) is 33.7 Å². The van der Waals surface area contributed by atoms with Crippen LogP contribution in [-0.4, -0.2) is 43.8 Å². The molecule has 1 saturated heterocycles. The fraction of sp³-hybridized carbons (Fsp3) is 0.321. The van der Waals surface area contributed by atoms with Gasteiger partial charge >= 0.3 is 6.09 Å². The van der Waals surface area contributed by atoms with Gasteiger partial charge < -0.3 is 10.1 Å². The molecule has 0 unspecified atom stereocenters. The van der Waals surface area contributed by atoms with Crippen molar-refractivity contribution in [2.45, 2.75) is 26.3 Å². The van der Waals surface area contributed by atoms with Gasteiger partial charge in [0, 0.05) is 47.9 Å². The van der Waals surface area contributed by atoms with Crippen LogP contribution < -0.4 is 10.6 Å². The molecule has 1 fully saturated rings. The summed E-state index contributed by atoms with van der Waals surface area (Å²) in [7, 11) is 0. The second-order valence-electron chi connectivity index (χ2n) is 9.12. The number of hydrogen-bond donors (Lipinski definition) is 2. The lowest BCUT2D eigenvalue weighted by atomic mass is 9.98. The molecule has 3 aromatic carbocycles. The molecule has 0 radical (unpaired) electrons. The van der Waals surface area contributed by atoms with Crippen LogP contribution in [0.25, 0.3) is 11.1 Å². The van der Waals surface area contributed by atoms with E-state index >= 15 is 0 Å². The summed E-state index contributed by atoms with van der Waals surface area (Å²) in [5.41, 5.74) is 9.35. The van der Waals surface area contributed by atoms with E-state index in [4.69, 9.17) is 4.74 Å². The number of carbonyl (C=O) groups is 1. The van der Waals surface area contributed by atoms with Crippen molar-refractivity contribution in [3.8, 4) is 11.1 Å². The first kappa shape index (κ1) is 23.3. The summed E-state index contributed by atoms with van der Waals surface area (Å²) < 4.78 is 6.98. The van der Waals surface area contributed by atoms with Crippen molar-refractivity contribution in [2.24, 2.45) is 0 Å². The van der Waals surface area contributed by atoms with E-state index < -0.39 is 6.09 Å². The second-order valence-corrected chi connectivity index (χ2v) is 10.2. The van der Waals surface area contributed by atoms with Gasteiger partial charge in [-0.2, -0.15) is 0 Å². The first-order chi connectivity index (χ1) is 16.5. The standard InChI is InChI=1S/C28H30IN3O2/c1-18-20(16-32-13-11-30-12-14-32)15-26(19(2)27(18)29)31-28(33)34-17-25-23-9-5-3-7-21(23)22-8-4-6-10-24(22)25/h3-10,15,25,30H,11-14,16-17H2,1-2H3,(H,31,33). The molecule has 176 valence electrons. The van der Waals surface area contributed by atoms with Gasteiger partial charge in [-0.05, 0) is 81.4 Å². The van der Waals surface area contributed by atoms with E-state index in [0.717, 1.165) is 44.0 Å². The van der Waals surface area contributed by atoms with Crippen LogP contribution in [-0.2, 0) is 11.3 Å². The minimum absolute atomic E-state index is 0.0562. The molecule has 2 N–H and O–H groups in total. The molecular formula is C28H30IN3O2. The van der Waals surface area contributed by atoms with E-state index in [1.54, 1.807) is 0 Å². The Labute approximate surface area is 215 Å². The van der Waals surface area contributed by atoms with Crippen LogP contribution in [0.2, 0.25) is 0 Å². The van der Waals surface area contributed by atoms with Crippen LogP contribution in [0.3, 0.4) is 0 Å². The number of amides is 1. The molecule has 1 aliphatic carbocycles. The average molecular weight is 567 g/mol. The number of ether oxygens (including phenoxy) is 1. The van der Waals surface area contributed by atoms with Gasteiger partial charge in [0.2, 0.25) is 0 Å². The zero-order valence-corrected chi connectivity index (χ0v) is 21.8. The lowest BCUT2D eigenvalue weighted by Crippen LogP contribution is -2.43. The Morgan fingerprint density at radius 2 is 1.65 bits per heavy atom. The molecule has 5 nitrogen and oxygen atoms in total. The molecule has 0 spiro atoms. The molecule has 0 saturated carbocycles. The smallest absolute Gasteiger partial charge is 0.411 e. The number of benzene rings is 3. The summed E-state index contributed by atoms with van der Waals surface area (Å²) in [6.07, 6.45) is -0.405. The van der Waals surface area contributed by atoms with E-state index in [0.29, 0.717) is 6.61 Å². The molecule has 0 aromatic heterocycles. The summed E-state index contributed by atoms with van der Waals surface area (Å²) in [5.74, 6) is 0.0562. The Morgan fingerprint density at radius 1 is 1.03 bits per heavy atom. The fourth-order valence-electron chi connectivity index (χ4n) is 5.08.